The topological polar surface area (TPSA) is 27.8 Å². The molecule has 0 aliphatic heterocycles. The fraction of sp³-hybridized carbons (Fsp3) is 0.478. The average molecular weight is 348 g/mol. The van der Waals surface area contributed by atoms with Crippen LogP contribution in [0.25, 0.3) is 16.5 Å². The summed E-state index contributed by atoms with van der Waals surface area (Å²) in [5, 5.41) is 4.70. The van der Waals surface area contributed by atoms with Crippen molar-refractivity contribution in [2.75, 3.05) is 7.05 Å². The summed E-state index contributed by atoms with van der Waals surface area (Å²) in [6.45, 7) is 13.4. The Bertz CT molecular complexity index is 819. The Morgan fingerprint density at radius 3 is 2.54 bits per heavy atom. The van der Waals surface area contributed by atoms with E-state index in [1.165, 1.54) is 27.9 Å². The van der Waals surface area contributed by atoms with Gasteiger partial charge in [0, 0.05) is 29.2 Å². The summed E-state index contributed by atoms with van der Waals surface area (Å²) < 4.78 is 0. The number of rotatable bonds is 6. The fourth-order valence-electron chi connectivity index (χ4n) is 3.53. The number of H-pyrrole nitrogens is 1. The molecule has 138 valence electrons. The number of hydrogen-bond acceptors (Lipinski definition) is 1. The molecule has 0 aliphatic carbocycles. The lowest BCUT2D eigenvalue weighted by Gasteiger charge is -2.22. The lowest BCUT2D eigenvalue weighted by atomic mass is 9.84. The fourth-order valence-corrected chi connectivity index (χ4v) is 3.53. The molecule has 0 bridgehead atoms. The van der Waals surface area contributed by atoms with Gasteiger partial charge in [-0.1, -0.05) is 64.4 Å². The summed E-state index contributed by atoms with van der Waals surface area (Å²) in [7, 11) is 8.13. The first-order valence-electron chi connectivity index (χ1n) is 9.66. The quantitative estimate of drug-likeness (QED) is 0.551. The second-order valence-electron chi connectivity index (χ2n) is 8.41. The molecule has 1 aromatic carbocycles. The first kappa shape index (κ1) is 20.4. The number of benzene rings is 1. The van der Waals surface area contributed by atoms with Crippen LogP contribution in [-0.4, -0.2) is 19.9 Å². The van der Waals surface area contributed by atoms with E-state index in [-0.39, 0.29) is 5.41 Å². The Hall–Kier alpha value is -1.90. The summed E-state index contributed by atoms with van der Waals surface area (Å²) in [5.41, 5.74) is 7.23. The van der Waals surface area contributed by atoms with Crippen molar-refractivity contribution < 1.29 is 0 Å². The molecular formula is C23H33BN2. The zero-order valence-corrected chi connectivity index (χ0v) is 17.5. The minimum absolute atomic E-state index is 0.186. The van der Waals surface area contributed by atoms with Gasteiger partial charge in [0.05, 0.1) is 5.69 Å². The highest BCUT2D eigenvalue weighted by atomic mass is 14.9. The van der Waals surface area contributed by atoms with Gasteiger partial charge >= 0.3 is 0 Å². The van der Waals surface area contributed by atoms with Crippen LogP contribution in [0.3, 0.4) is 0 Å². The van der Waals surface area contributed by atoms with E-state index in [9.17, 15) is 0 Å². The van der Waals surface area contributed by atoms with E-state index in [1.807, 2.05) is 13.1 Å². The number of allylic oxidation sites excluding steroid dienone is 4. The molecular weight excluding hydrogens is 315 g/mol. The molecule has 0 saturated carbocycles. The highest BCUT2D eigenvalue weighted by Gasteiger charge is 2.22. The van der Waals surface area contributed by atoms with Crippen molar-refractivity contribution in [3.63, 3.8) is 0 Å². The molecule has 0 aliphatic rings. The first-order valence-corrected chi connectivity index (χ1v) is 9.66. The van der Waals surface area contributed by atoms with Crippen molar-refractivity contribution in [3.8, 4) is 0 Å². The monoisotopic (exact) mass is 348 g/mol. The molecule has 2 radical (unpaired) electrons. The van der Waals surface area contributed by atoms with Gasteiger partial charge in [0.1, 0.15) is 7.85 Å². The van der Waals surface area contributed by atoms with Crippen LogP contribution in [0, 0.1) is 11.3 Å². The molecule has 1 heterocycles. The maximum Gasteiger partial charge on any atom is 0.113 e. The molecule has 2 N–H and O–H groups in total. The zero-order valence-electron chi connectivity index (χ0n) is 17.5. The summed E-state index contributed by atoms with van der Waals surface area (Å²) in [5.74, 6) is 0.463. The zero-order chi connectivity index (χ0) is 19.5. The molecule has 26 heavy (non-hydrogen) atoms. The van der Waals surface area contributed by atoms with Crippen molar-refractivity contribution in [1.29, 1.82) is 0 Å². The van der Waals surface area contributed by atoms with E-state index >= 15 is 0 Å². The average Bonchev–Trinajstić information content (AvgIpc) is 2.90. The van der Waals surface area contributed by atoms with Gasteiger partial charge in [-0.2, -0.15) is 0 Å². The van der Waals surface area contributed by atoms with Crippen molar-refractivity contribution in [2.24, 2.45) is 11.3 Å². The Balaban J connectivity index is 2.83. The number of fused-ring (bicyclic) bond motifs is 1. The molecule has 2 rings (SSSR count). The summed E-state index contributed by atoms with van der Waals surface area (Å²) in [6.07, 6.45) is 6.43. The highest BCUT2D eigenvalue weighted by molar-refractivity contribution is 6.33. The Morgan fingerprint density at radius 1 is 1.31 bits per heavy atom. The van der Waals surface area contributed by atoms with Gasteiger partial charge in [0.2, 0.25) is 0 Å². The van der Waals surface area contributed by atoms with E-state index in [0.717, 1.165) is 23.8 Å². The maximum atomic E-state index is 6.10. The number of aromatic nitrogens is 1. The van der Waals surface area contributed by atoms with Crippen molar-refractivity contribution >= 4 is 29.8 Å². The minimum atomic E-state index is 0.186. The largest absolute Gasteiger partial charge is 0.391 e. The third-order valence-corrected chi connectivity index (χ3v) is 4.90. The van der Waals surface area contributed by atoms with E-state index in [1.54, 1.807) is 0 Å². The van der Waals surface area contributed by atoms with Gasteiger partial charge in [-0.05, 0) is 42.7 Å². The molecule has 2 nitrogen and oxygen atoms in total. The predicted octanol–water partition coefficient (Wildman–Crippen LogP) is 5.10. The smallest absolute Gasteiger partial charge is 0.113 e. The molecule has 1 atom stereocenters. The van der Waals surface area contributed by atoms with Gasteiger partial charge < -0.3 is 10.3 Å². The second-order valence-corrected chi connectivity index (χ2v) is 8.41. The van der Waals surface area contributed by atoms with E-state index in [4.69, 9.17) is 7.85 Å². The maximum absolute atomic E-state index is 6.10. The SMILES string of the molecule is [B]c1ccc2[nH]c(C(/C=C\C)=C(/NC)C(C)CC)c(CC(C)(C)C)c2c1. The van der Waals surface area contributed by atoms with Gasteiger partial charge in [-0.3, -0.25) is 0 Å². The molecule has 1 unspecified atom stereocenters. The Morgan fingerprint density at radius 2 is 2.00 bits per heavy atom. The van der Waals surface area contributed by atoms with E-state index in [0.29, 0.717) is 5.92 Å². The van der Waals surface area contributed by atoms with Crippen LogP contribution in [0.15, 0.2) is 36.0 Å². The van der Waals surface area contributed by atoms with Crippen LogP contribution in [0.5, 0.6) is 0 Å². The van der Waals surface area contributed by atoms with Crippen molar-refractivity contribution in [2.45, 2.75) is 54.4 Å². The number of aromatic amines is 1. The molecule has 0 fully saturated rings. The number of nitrogens with one attached hydrogen (secondary N) is 2. The van der Waals surface area contributed by atoms with Gasteiger partial charge in [-0.25, -0.2) is 0 Å². The molecule has 2 aromatic rings. The van der Waals surface area contributed by atoms with Gasteiger partial charge in [0.15, 0.2) is 0 Å². The summed E-state index contributed by atoms with van der Waals surface area (Å²) >= 11 is 0. The standard InChI is InChI=1S/C23H33BN2/c1-8-10-17(21(25-7)15(3)9-2)22-19(14-23(4,5)6)18-13-16(24)11-12-20(18)26-22/h8,10-13,15,25-26H,9,14H2,1-7H3/b10-8-,21-17+. The molecule has 0 saturated heterocycles. The molecule has 0 amide bonds. The van der Waals surface area contributed by atoms with Crippen molar-refractivity contribution in [3.05, 3.63) is 47.3 Å². The van der Waals surface area contributed by atoms with Crippen LogP contribution in [0.1, 0.15) is 59.2 Å². The first-order chi connectivity index (χ1) is 12.2. The van der Waals surface area contributed by atoms with Crippen LogP contribution >= 0.6 is 0 Å². The molecule has 0 spiro atoms. The van der Waals surface area contributed by atoms with Gasteiger partial charge in [-0.15, -0.1) is 0 Å². The van der Waals surface area contributed by atoms with Crippen LogP contribution in [-0.2, 0) is 6.42 Å². The summed E-state index contributed by atoms with van der Waals surface area (Å²) in [4.78, 5) is 3.69. The van der Waals surface area contributed by atoms with Crippen molar-refractivity contribution in [1.82, 2.24) is 10.3 Å². The minimum Gasteiger partial charge on any atom is -0.391 e. The third-order valence-electron chi connectivity index (χ3n) is 4.90. The Labute approximate surface area is 160 Å². The Kier molecular flexibility index (Phi) is 6.44. The molecule has 1 aromatic heterocycles. The second kappa shape index (κ2) is 8.20. The van der Waals surface area contributed by atoms with Crippen LogP contribution < -0.4 is 10.8 Å². The molecule has 3 heteroatoms. The lowest BCUT2D eigenvalue weighted by Crippen LogP contribution is -2.17. The van der Waals surface area contributed by atoms with Gasteiger partial charge in [0.25, 0.3) is 0 Å². The number of hydrogen-bond donors (Lipinski definition) is 2. The van der Waals surface area contributed by atoms with E-state index in [2.05, 4.69) is 76.1 Å². The van der Waals surface area contributed by atoms with Crippen LogP contribution in [0.4, 0.5) is 0 Å². The lowest BCUT2D eigenvalue weighted by molar-refractivity contribution is 0.412. The normalized spacial score (nSPS) is 14.7. The summed E-state index contributed by atoms with van der Waals surface area (Å²) in [6, 6.07) is 6.16. The predicted molar refractivity (Wildman–Crippen MR) is 117 cm³/mol. The van der Waals surface area contributed by atoms with Crippen LogP contribution in [0.2, 0.25) is 0 Å². The van der Waals surface area contributed by atoms with E-state index < -0.39 is 0 Å². The highest BCUT2D eigenvalue weighted by Crippen LogP contribution is 2.35. The third kappa shape index (κ3) is 4.44.